The molecule has 0 aliphatic heterocycles. The maximum atomic E-state index is 13.7. The van der Waals surface area contributed by atoms with E-state index in [1.165, 1.54) is 0 Å². The number of carbonyl (C=O) groups is 3. The number of benzene rings is 4. The van der Waals surface area contributed by atoms with Gasteiger partial charge in [-0.15, -0.1) is 0 Å². The summed E-state index contributed by atoms with van der Waals surface area (Å²) >= 11 is 6.09. The number of nitrogens with two attached hydrogens (primary N) is 1. The third kappa shape index (κ3) is 8.02. The second-order valence-corrected chi connectivity index (χ2v) is 8.77. The second-order valence-electron chi connectivity index (χ2n) is 8.33. The molecule has 0 spiro atoms. The number of nitrogens with one attached hydrogen (secondary N) is 3. The van der Waals surface area contributed by atoms with Gasteiger partial charge in [0.05, 0.1) is 6.04 Å². The fourth-order valence-electron chi connectivity index (χ4n) is 3.90. The second kappa shape index (κ2) is 14.1. The van der Waals surface area contributed by atoms with Crippen molar-refractivity contribution in [1.29, 1.82) is 5.41 Å². The molecule has 9 heteroatoms. The van der Waals surface area contributed by atoms with Crippen LogP contribution in [0.3, 0.4) is 0 Å². The molecule has 0 aromatic heterocycles. The van der Waals surface area contributed by atoms with Gasteiger partial charge in [-0.25, -0.2) is 0 Å². The molecule has 198 valence electrons. The lowest BCUT2D eigenvalue weighted by Crippen LogP contribution is -2.39. The molecule has 4 aromatic rings. The Kier molecular flexibility index (Phi) is 10.4. The van der Waals surface area contributed by atoms with Gasteiger partial charge in [0, 0.05) is 16.3 Å². The van der Waals surface area contributed by atoms with Crippen LogP contribution in [-0.2, 0) is 14.4 Å². The lowest BCUT2D eigenvalue weighted by atomic mass is 9.94. The molecule has 0 aliphatic rings. The highest BCUT2D eigenvalue weighted by atomic mass is 35.5. The summed E-state index contributed by atoms with van der Waals surface area (Å²) < 4.78 is 0. The van der Waals surface area contributed by atoms with Crippen LogP contribution in [0.1, 0.15) is 34.2 Å². The van der Waals surface area contributed by atoms with E-state index in [4.69, 9.17) is 32.6 Å². The van der Waals surface area contributed by atoms with E-state index in [0.717, 1.165) is 11.1 Å². The van der Waals surface area contributed by atoms with Crippen LogP contribution < -0.4 is 16.4 Å². The highest BCUT2D eigenvalue weighted by molar-refractivity contribution is 6.30. The summed E-state index contributed by atoms with van der Waals surface area (Å²) in [6.45, 7) is -0.250. The van der Waals surface area contributed by atoms with E-state index in [2.05, 4.69) is 10.6 Å². The number of hydrogen-bond donors (Lipinski definition) is 5. The van der Waals surface area contributed by atoms with Crippen LogP contribution >= 0.6 is 11.6 Å². The van der Waals surface area contributed by atoms with Crippen LogP contribution in [0.4, 0.5) is 5.69 Å². The fraction of sp³-hybridized carbons (Fsp3) is 0.0667. The van der Waals surface area contributed by atoms with Gasteiger partial charge >= 0.3 is 0 Å². The zero-order valence-corrected chi connectivity index (χ0v) is 21.5. The van der Waals surface area contributed by atoms with Crippen molar-refractivity contribution >= 4 is 41.4 Å². The Hall–Kier alpha value is -4.95. The van der Waals surface area contributed by atoms with Crippen molar-refractivity contribution in [3.63, 3.8) is 0 Å². The molecule has 2 amide bonds. The first-order chi connectivity index (χ1) is 18.8. The van der Waals surface area contributed by atoms with Gasteiger partial charge in [0.1, 0.15) is 11.8 Å². The summed E-state index contributed by atoms with van der Waals surface area (Å²) in [6, 6.07) is 31.8. The number of carboxylic acid groups (broad SMARTS) is 1. The number of anilines is 1. The molecule has 2 unspecified atom stereocenters. The van der Waals surface area contributed by atoms with E-state index in [0.29, 0.717) is 21.8 Å². The average molecular weight is 543 g/mol. The zero-order valence-electron chi connectivity index (χ0n) is 20.8. The molecule has 0 radical (unpaired) electrons. The van der Waals surface area contributed by atoms with Gasteiger partial charge in [-0.1, -0.05) is 84.4 Å². The minimum absolute atomic E-state index is 0.0661. The lowest BCUT2D eigenvalue weighted by Gasteiger charge is -2.24. The molecule has 0 fully saturated rings. The number of hydrogen-bond acceptors (Lipinski definition) is 4. The Bertz CT molecular complexity index is 1400. The molecule has 0 heterocycles. The smallest absolute Gasteiger partial charge is 0.290 e. The number of halogens is 1. The van der Waals surface area contributed by atoms with Crippen molar-refractivity contribution in [1.82, 2.24) is 5.32 Å². The zero-order chi connectivity index (χ0) is 28.2. The summed E-state index contributed by atoms with van der Waals surface area (Å²) in [6.07, 6.45) is 0. The minimum atomic E-state index is -1.10. The van der Waals surface area contributed by atoms with Crippen LogP contribution in [0.5, 0.6) is 0 Å². The van der Waals surface area contributed by atoms with E-state index in [1.54, 1.807) is 60.7 Å². The maximum Gasteiger partial charge on any atom is 0.290 e. The number of carbonyl (C=O) groups excluding carboxylic acids is 2. The van der Waals surface area contributed by atoms with Crippen molar-refractivity contribution < 1.29 is 19.5 Å². The summed E-state index contributed by atoms with van der Waals surface area (Å²) in [5.41, 5.74) is 8.83. The minimum Gasteiger partial charge on any atom is -0.483 e. The molecule has 6 N–H and O–H groups in total. The van der Waals surface area contributed by atoms with Crippen LogP contribution in [0.2, 0.25) is 5.02 Å². The van der Waals surface area contributed by atoms with Crippen molar-refractivity contribution in [2.45, 2.75) is 12.0 Å². The van der Waals surface area contributed by atoms with Gasteiger partial charge in [-0.3, -0.25) is 19.8 Å². The summed E-state index contributed by atoms with van der Waals surface area (Å²) in [7, 11) is 0. The quantitative estimate of drug-likeness (QED) is 0.0925. The predicted octanol–water partition coefficient (Wildman–Crippen LogP) is 4.95. The monoisotopic (exact) mass is 542 g/mol. The summed E-state index contributed by atoms with van der Waals surface area (Å²) in [5, 5.41) is 20.9. The molecule has 39 heavy (non-hydrogen) atoms. The first-order valence-corrected chi connectivity index (χ1v) is 12.2. The maximum absolute atomic E-state index is 13.7. The van der Waals surface area contributed by atoms with E-state index in [9.17, 15) is 9.59 Å². The van der Waals surface area contributed by atoms with E-state index in [1.807, 2.05) is 48.5 Å². The average Bonchev–Trinajstić information content (AvgIpc) is 2.94. The van der Waals surface area contributed by atoms with Gasteiger partial charge in [0.15, 0.2) is 0 Å². The van der Waals surface area contributed by atoms with Crippen molar-refractivity contribution in [2.24, 2.45) is 5.73 Å². The lowest BCUT2D eigenvalue weighted by molar-refractivity contribution is -0.129. The first-order valence-electron chi connectivity index (χ1n) is 11.8. The Balaban J connectivity index is 0.00000134. The Morgan fingerprint density at radius 3 is 1.77 bits per heavy atom. The van der Waals surface area contributed by atoms with Crippen molar-refractivity contribution in [3.05, 3.63) is 136 Å². The number of amidine groups is 1. The van der Waals surface area contributed by atoms with Gasteiger partial charge in [0.25, 0.3) is 6.47 Å². The highest BCUT2D eigenvalue weighted by Crippen LogP contribution is 2.26. The highest BCUT2D eigenvalue weighted by Gasteiger charge is 2.31. The molecular formula is C30H27ClN4O4. The third-order valence-corrected chi connectivity index (χ3v) is 6.00. The topological polar surface area (TPSA) is 145 Å². The number of rotatable bonds is 8. The van der Waals surface area contributed by atoms with Crippen LogP contribution in [0.15, 0.2) is 109 Å². The van der Waals surface area contributed by atoms with E-state index >= 15 is 0 Å². The van der Waals surface area contributed by atoms with Crippen LogP contribution in [0.25, 0.3) is 0 Å². The molecule has 2 atom stereocenters. The third-order valence-electron chi connectivity index (χ3n) is 5.74. The molecule has 0 aliphatic carbocycles. The normalized spacial score (nSPS) is 11.6. The molecule has 4 aromatic carbocycles. The molecule has 0 bridgehead atoms. The Morgan fingerprint density at radius 2 is 1.26 bits per heavy atom. The Morgan fingerprint density at radius 1 is 0.769 bits per heavy atom. The largest absolute Gasteiger partial charge is 0.483 e. The van der Waals surface area contributed by atoms with Gasteiger partial charge in [-0.05, 0) is 53.1 Å². The number of nitrogen functional groups attached to an aromatic ring is 1. The van der Waals surface area contributed by atoms with Crippen LogP contribution in [0, 0.1) is 5.41 Å². The fourth-order valence-corrected chi connectivity index (χ4v) is 4.03. The molecule has 0 saturated heterocycles. The van der Waals surface area contributed by atoms with E-state index in [-0.39, 0.29) is 12.3 Å². The summed E-state index contributed by atoms with van der Waals surface area (Å²) in [5.74, 6) is -2.08. The standard InChI is InChI=1S/C29H25ClN4O2.CH2O2/c30-23-15-11-21(12-16-23)26(20-9-5-2-6-10-20)34-29(36)25(19-7-3-1-4-8-19)28(35)33-24-17-13-22(14-18-24)27(31)32;2-1-3/h1-18,25-26H,(H3,31,32)(H,33,35)(H,34,36);1H,(H,2,3). The predicted molar refractivity (Wildman–Crippen MR) is 152 cm³/mol. The molecule has 0 saturated carbocycles. The SMILES string of the molecule is N=C(N)c1ccc(NC(=O)C(C(=O)NC(c2ccccc2)c2ccc(Cl)cc2)c2ccccc2)cc1.O=CO. The van der Waals surface area contributed by atoms with E-state index < -0.39 is 23.8 Å². The van der Waals surface area contributed by atoms with Gasteiger partial charge in [0.2, 0.25) is 11.8 Å². The molecular weight excluding hydrogens is 516 g/mol. The van der Waals surface area contributed by atoms with Gasteiger partial charge in [-0.2, -0.15) is 0 Å². The first kappa shape index (κ1) is 28.6. The van der Waals surface area contributed by atoms with Crippen LogP contribution in [-0.4, -0.2) is 29.2 Å². The molecule has 8 nitrogen and oxygen atoms in total. The van der Waals surface area contributed by atoms with Crippen molar-refractivity contribution in [2.75, 3.05) is 5.32 Å². The number of amides is 2. The van der Waals surface area contributed by atoms with Crippen molar-refractivity contribution in [3.8, 4) is 0 Å². The van der Waals surface area contributed by atoms with Gasteiger partial charge < -0.3 is 21.5 Å². The molecule has 4 rings (SSSR count). The summed E-state index contributed by atoms with van der Waals surface area (Å²) in [4.78, 5) is 35.5. The Labute approximate surface area is 231 Å².